The van der Waals surface area contributed by atoms with Gasteiger partial charge in [-0.2, -0.15) is 0 Å². The van der Waals surface area contributed by atoms with Crippen LogP contribution in [0.1, 0.15) is 40.2 Å². The Morgan fingerprint density at radius 2 is 1.62 bits per heavy atom. The number of hydrogen-bond acceptors (Lipinski definition) is 7. The Morgan fingerprint density at radius 1 is 0.938 bits per heavy atom. The third-order valence-electron chi connectivity index (χ3n) is 4.32. The third-order valence-corrected chi connectivity index (χ3v) is 5.28. The van der Waals surface area contributed by atoms with Crippen molar-refractivity contribution in [3.05, 3.63) is 70.3 Å². The molecule has 0 aliphatic rings. The number of unbranched alkanes of at least 4 members (excludes halogenated alkanes) is 2. The Balaban J connectivity index is 1.44. The monoisotopic (exact) mass is 455 g/mol. The molecule has 166 valence electrons. The summed E-state index contributed by atoms with van der Waals surface area (Å²) >= 11 is 1.46. The van der Waals surface area contributed by atoms with Crippen LogP contribution in [-0.2, 0) is 0 Å². The van der Waals surface area contributed by atoms with Crippen molar-refractivity contribution in [2.75, 3.05) is 12.4 Å². The number of benzene rings is 1. The Hall–Kier alpha value is -3.66. The smallest absolute Gasteiger partial charge is 0.354 e. The number of rotatable bonds is 11. The quantitative estimate of drug-likeness (QED) is 0.225. The van der Waals surface area contributed by atoms with E-state index in [1.54, 1.807) is 0 Å². The average Bonchev–Trinajstić information content (AvgIpc) is 2.78. The third kappa shape index (κ3) is 6.67. The maximum absolute atomic E-state index is 11.9. The highest BCUT2D eigenvalue weighted by molar-refractivity contribution is 7.99. The van der Waals surface area contributed by atoms with Crippen LogP contribution in [0.3, 0.4) is 0 Å². The van der Waals surface area contributed by atoms with Crippen molar-refractivity contribution in [2.24, 2.45) is 0 Å². The second-order valence-corrected chi connectivity index (χ2v) is 7.83. The van der Waals surface area contributed by atoms with Crippen LogP contribution >= 0.6 is 11.8 Å². The van der Waals surface area contributed by atoms with Gasteiger partial charge in [-0.15, -0.1) is 0 Å². The fourth-order valence-corrected chi connectivity index (χ4v) is 3.69. The van der Waals surface area contributed by atoms with Crippen LogP contribution in [-0.4, -0.2) is 49.5 Å². The summed E-state index contributed by atoms with van der Waals surface area (Å²) in [5, 5.41) is 18.6. The molecule has 1 aromatic carbocycles. The molecule has 0 fully saturated rings. The standard InChI is InChI=1S/C22H21N3O6S/c26-19-13-16(14-7-3-1-4-8-14)24-22(25-19)32-10-6-2-5-9-31-15-11-17(20(27)28)23-18(12-15)21(29)30/h1,3-4,7-8,11-13H,2,5-6,9-10H2,(H,27,28)(H,29,30)(H,24,25,26). The summed E-state index contributed by atoms with van der Waals surface area (Å²) in [5.74, 6) is -1.73. The molecule has 2 heterocycles. The van der Waals surface area contributed by atoms with E-state index in [9.17, 15) is 14.4 Å². The minimum Gasteiger partial charge on any atom is -0.493 e. The van der Waals surface area contributed by atoms with Gasteiger partial charge in [0.15, 0.2) is 16.5 Å². The van der Waals surface area contributed by atoms with Crippen molar-refractivity contribution in [2.45, 2.75) is 24.4 Å². The van der Waals surface area contributed by atoms with E-state index in [0.29, 0.717) is 23.9 Å². The summed E-state index contributed by atoms with van der Waals surface area (Å²) in [5.41, 5.74) is 0.550. The number of thioether (sulfide) groups is 1. The molecule has 0 amide bonds. The average molecular weight is 455 g/mol. The molecule has 9 nitrogen and oxygen atoms in total. The van der Waals surface area contributed by atoms with Crippen molar-refractivity contribution >= 4 is 23.7 Å². The first-order valence-electron chi connectivity index (χ1n) is 9.83. The molecule has 3 aromatic rings. The Morgan fingerprint density at radius 3 is 2.28 bits per heavy atom. The molecule has 0 radical (unpaired) electrons. The number of hydrogen-bond donors (Lipinski definition) is 3. The van der Waals surface area contributed by atoms with Gasteiger partial charge >= 0.3 is 11.9 Å². The summed E-state index contributed by atoms with van der Waals surface area (Å²) in [6, 6.07) is 13.4. The van der Waals surface area contributed by atoms with E-state index < -0.39 is 11.9 Å². The molecule has 2 aromatic heterocycles. The minimum atomic E-state index is -1.32. The number of carboxylic acids is 2. The molecular formula is C22H21N3O6S. The van der Waals surface area contributed by atoms with Crippen LogP contribution in [0.15, 0.2) is 58.5 Å². The second-order valence-electron chi connectivity index (χ2n) is 6.74. The highest BCUT2D eigenvalue weighted by Gasteiger charge is 2.14. The van der Waals surface area contributed by atoms with Crippen molar-refractivity contribution in [1.82, 2.24) is 15.0 Å². The number of carboxylic acid groups (broad SMARTS) is 2. The fourth-order valence-electron chi connectivity index (χ4n) is 2.81. The summed E-state index contributed by atoms with van der Waals surface area (Å²) in [6.45, 7) is 0.311. The van der Waals surface area contributed by atoms with Gasteiger partial charge in [0.05, 0.1) is 12.3 Å². The van der Waals surface area contributed by atoms with Gasteiger partial charge in [-0.25, -0.2) is 19.6 Å². The van der Waals surface area contributed by atoms with Gasteiger partial charge < -0.3 is 19.9 Å². The number of nitrogens with zero attached hydrogens (tertiary/aromatic N) is 2. The maximum atomic E-state index is 11.9. The molecule has 0 unspecified atom stereocenters. The molecule has 0 saturated carbocycles. The first-order valence-corrected chi connectivity index (χ1v) is 10.8. The Kier molecular flexibility index (Phi) is 7.98. The van der Waals surface area contributed by atoms with Gasteiger partial charge in [0.1, 0.15) is 5.75 Å². The van der Waals surface area contributed by atoms with Gasteiger partial charge in [0.2, 0.25) is 0 Å². The number of nitrogens with one attached hydrogen (secondary N) is 1. The van der Waals surface area contributed by atoms with E-state index in [1.165, 1.54) is 30.0 Å². The molecule has 0 aliphatic carbocycles. The highest BCUT2D eigenvalue weighted by atomic mass is 32.2. The molecule has 32 heavy (non-hydrogen) atoms. The van der Waals surface area contributed by atoms with Crippen molar-refractivity contribution in [3.8, 4) is 17.0 Å². The second kappa shape index (κ2) is 11.1. The lowest BCUT2D eigenvalue weighted by Crippen LogP contribution is -2.09. The minimum absolute atomic E-state index is 0.156. The van der Waals surface area contributed by atoms with Gasteiger partial charge in [0, 0.05) is 29.5 Å². The summed E-state index contributed by atoms with van der Waals surface area (Å²) in [4.78, 5) is 44.9. The van der Waals surface area contributed by atoms with Crippen LogP contribution in [0.5, 0.6) is 5.75 Å². The number of aromatic amines is 1. The number of aromatic carboxylic acids is 2. The Labute approximate surface area is 187 Å². The molecule has 10 heteroatoms. The predicted octanol–water partition coefficient (Wildman–Crippen LogP) is 3.57. The number of H-pyrrole nitrogens is 1. The first-order chi connectivity index (χ1) is 15.4. The summed E-state index contributed by atoms with van der Waals surface area (Å²) in [6.07, 6.45) is 2.38. The number of pyridine rings is 1. The van der Waals surface area contributed by atoms with E-state index >= 15 is 0 Å². The van der Waals surface area contributed by atoms with E-state index in [1.807, 2.05) is 30.3 Å². The lowest BCUT2D eigenvalue weighted by molar-refractivity contribution is 0.0683. The summed E-state index contributed by atoms with van der Waals surface area (Å²) < 4.78 is 5.50. The summed E-state index contributed by atoms with van der Waals surface area (Å²) in [7, 11) is 0. The van der Waals surface area contributed by atoms with E-state index in [2.05, 4.69) is 15.0 Å². The molecule has 3 N–H and O–H groups in total. The molecule has 0 saturated heterocycles. The molecular weight excluding hydrogens is 434 g/mol. The van der Waals surface area contributed by atoms with Gasteiger partial charge in [-0.1, -0.05) is 42.1 Å². The SMILES string of the molecule is O=C(O)c1cc(OCCCCCSc2nc(-c3ccccc3)cc(=O)[nH]2)cc(C(=O)O)n1. The maximum Gasteiger partial charge on any atom is 0.354 e. The largest absolute Gasteiger partial charge is 0.493 e. The van der Waals surface area contributed by atoms with Crippen LogP contribution in [0.25, 0.3) is 11.3 Å². The van der Waals surface area contributed by atoms with Crippen molar-refractivity contribution < 1.29 is 24.5 Å². The zero-order valence-electron chi connectivity index (χ0n) is 17.0. The molecule has 0 bridgehead atoms. The van der Waals surface area contributed by atoms with Crippen LogP contribution in [0.2, 0.25) is 0 Å². The highest BCUT2D eigenvalue weighted by Crippen LogP contribution is 2.20. The van der Waals surface area contributed by atoms with Crippen molar-refractivity contribution in [3.63, 3.8) is 0 Å². The Bertz CT molecular complexity index is 1120. The van der Waals surface area contributed by atoms with Crippen LogP contribution < -0.4 is 10.3 Å². The zero-order chi connectivity index (χ0) is 22.9. The molecule has 0 spiro atoms. The fraction of sp³-hybridized carbons (Fsp3) is 0.227. The van der Waals surface area contributed by atoms with Crippen LogP contribution in [0.4, 0.5) is 0 Å². The number of ether oxygens (including phenoxy) is 1. The van der Waals surface area contributed by atoms with Gasteiger partial charge in [0.25, 0.3) is 5.56 Å². The van der Waals surface area contributed by atoms with Gasteiger partial charge in [-0.3, -0.25) is 4.79 Å². The lowest BCUT2D eigenvalue weighted by atomic mass is 10.1. The predicted molar refractivity (Wildman–Crippen MR) is 119 cm³/mol. The number of carbonyl (C=O) groups is 2. The number of aromatic nitrogens is 3. The van der Waals surface area contributed by atoms with E-state index in [4.69, 9.17) is 14.9 Å². The van der Waals surface area contributed by atoms with Crippen LogP contribution in [0, 0.1) is 0 Å². The first kappa shape index (κ1) is 23.0. The lowest BCUT2D eigenvalue weighted by Gasteiger charge is -2.08. The van der Waals surface area contributed by atoms with E-state index in [-0.39, 0.29) is 22.7 Å². The zero-order valence-corrected chi connectivity index (χ0v) is 17.8. The molecule has 0 atom stereocenters. The molecule has 0 aliphatic heterocycles. The molecule has 3 rings (SSSR count). The van der Waals surface area contributed by atoms with E-state index in [0.717, 1.165) is 24.2 Å². The van der Waals surface area contributed by atoms with Gasteiger partial charge in [-0.05, 0) is 19.3 Å². The van der Waals surface area contributed by atoms with Crippen molar-refractivity contribution in [1.29, 1.82) is 0 Å². The normalized spacial score (nSPS) is 10.6. The topological polar surface area (TPSA) is 142 Å².